The third-order valence-electron chi connectivity index (χ3n) is 11.2. The van der Waals surface area contributed by atoms with Gasteiger partial charge in [0, 0.05) is 23.0 Å². The molecule has 206 valence electrons. The summed E-state index contributed by atoms with van der Waals surface area (Å²) in [5.41, 5.74) is 4.41. The molecule has 2 N–H and O–H groups in total. The van der Waals surface area contributed by atoms with Gasteiger partial charge in [0.15, 0.2) is 17.8 Å². The van der Waals surface area contributed by atoms with Gasteiger partial charge in [-0.15, -0.1) is 0 Å². The summed E-state index contributed by atoms with van der Waals surface area (Å²) in [4.78, 5) is 24.8. The maximum atomic E-state index is 12.7. The molecule has 4 aliphatic carbocycles. The summed E-state index contributed by atoms with van der Waals surface area (Å²) < 4.78 is 6.52. The van der Waals surface area contributed by atoms with Gasteiger partial charge in [0.2, 0.25) is 0 Å². The molecule has 2 aromatic rings. The molecule has 0 radical (unpaired) electrons. The molecule has 6 atom stereocenters. The molecule has 0 spiro atoms. The van der Waals surface area contributed by atoms with Gasteiger partial charge in [-0.2, -0.15) is 0 Å². The molecule has 0 saturated heterocycles. The molecule has 2 aromatic carbocycles. The van der Waals surface area contributed by atoms with Crippen LogP contribution in [-0.4, -0.2) is 28.4 Å². The number of aldehydes is 1. The number of allylic oxidation sites excluding steroid dienone is 1. The highest BCUT2D eigenvalue weighted by Gasteiger charge is 2.58. The van der Waals surface area contributed by atoms with Crippen LogP contribution < -0.4 is 0 Å². The highest BCUT2D eigenvalue weighted by atomic mass is 16.5. The average Bonchev–Trinajstić information content (AvgIpc) is 3.25. The Bertz CT molecular complexity index is 1340. The van der Waals surface area contributed by atoms with Crippen molar-refractivity contribution in [3.8, 4) is 22.6 Å². The number of phenolic OH excluding ortho intramolecular Hbond substituents is 2. The van der Waals surface area contributed by atoms with Crippen LogP contribution in [-0.2, 0) is 16.1 Å². The van der Waals surface area contributed by atoms with E-state index in [1.807, 2.05) is 30.3 Å². The minimum atomic E-state index is -0.382. The summed E-state index contributed by atoms with van der Waals surface area (Å²) in [6, 6.07) is 9.65. The van der Waals surface area contributed by atoms with Crippen LogP contribution in [0.1, 0.15) is 86.7 Å². The number of rotatable bonds is 5. The van der Waals surface area contributed by atoms with Crippen LogP contribution in [0.3, 0.4) is 0 Å². The number of carbonyl (C=O) groups excluding carboxylic acids is 2. The molecule has 3 saturated carbocycles. The number of aromatic hydroxyl groups is 2. The lowest BCUT2D eigenvalue weighted by molar-refractivity contribution is -0.132. The summed E-state index contributed by atoms with van der Waals surface area (Å²) in [7, 11) is 0. The molecule has 4 unspecified atom stereocenters. The smallest absolute Gasteiger partial charge is 0.168 e. The zero-order chi connectivity index (χ0) is 27.5. The van der Waals surface area contributed by atoms with Crippen LogP contribution >= 0.6 is 0 Å². The first kappa shape index (κ1) is 26.3. The summed E-state index contributed by atoms with van der Waals surface area (Å²) in [6.07, 6.45) is 11.0. The third-order valence-corrected chi connectivity index (χ3v) is 11.2. The van der Waals surface area contributed by atoms with Crippen molar-refractivity contribution in [2.75, 3.05) is 0 Å². The highest BCUT2D eigenvalue weighted by molar-refractivity contribution is 5.90. The number of ether oxygens (including phenoxy) is 1. The Morgan fingerprint density at radius 2 is 1.72 bits per heavy atom. The SMILES string of the molecule is Cc1c(O)c(O)c(C=O)c(CO[C@H]2CCC3(C)C(=CCC4C3CC[C@]3(C)C(=O)CCC43)C2)c1-c1ccccc1. The zero-order valence-corrected chi connectivity index (χ0v) is 23.3. The summed E-state index contributed by atoms with van der Waals surface area (Å²) in [6.45, 7) is 6.63. The van der Waals surface area contributed by atoms with Gasteiger partial charge in [-0.05, 0) is 86.2 Å². The summed E-state index contributed by atoms with van der Waals surface area (Å²) >= 11 is 0. The van der Waals surface area contributed by atoms with E-state index in [1.54, 1.807) is 6.92 Å². The predicted molar refractivity (Wildman–Crippen MR) is 151 cm³/mol. The first-order valence-electron chi connectivity index (χ1n) is 14.6. The van der Waals surface area contributed by atoms with Crippen molar-refractivity contribution < 1.29 is 24.5 Å². The molecule has 0 amide bonds. The molecular weight excluding hydrogens is 488 g/mol. The molecule has 39 heavy (non-hydrogen) atoms. The van der Waals surface area contributed by atoms with E-state index >= 15 is 0 Å². The Labute approximate surface area is 231 Å². The molecule has 5 heteroatoms. The van der Waals surface area contributed by atoms with Gasteiger partial charge in [-0.3, -0.25) is 9.59 Å². The van der Waals surface area contributed by atoms with E-state index in [1.165, 1.54) is 5.57 Å². The van der Waals surface area contributed by atoms with Crippen LogP contribution in [0.25, 0.3) is 11.1 Å². The first-order valence-corrected chi connectivity index (χ1v) is 14.6. The van der Waals surface area contributed by atoms with Gasteiger partial charge in [-0.25, -0.2) is 0 Å². The molecule has 6 rings (SSSR count). The van der Waals surface area contributed by atoms with Crippen molar-refractivity contribution in [1.29, 1.82) is 0 Å². The number of ketones is 1. The lowest BCUT2D eigenvalue weighted by Gasteiger charge is -2.57. The normalized spacial score (nSPS) is 33.6. The highest BCUT2D eigenvalue weighted by Crippen LogP contribution is 2.64. The largest absolute Gasteiger partial charge is 0.504 e. The molecule has 0 aromatic heterocycles. The van der Waals surface area contributed by atoms with Crippen molar-refractivity contribution >= 4 is 12.1 Å². The van der Waals surface area contributed by atoms with Crippen LogP contribution in [0.4, 0.5) is 0 Å². The number of benzene rings is 2. The van der Waals surface area contributed by atoms with Gasteiger partial charge >= 0.3 is 0 Å². The molecule has 3 fully saturated rings. The second-order valence-electron chi connectivity index (χ2n) is 12.9. The van der Waals surface area contributed by atoms with E-state index in [4.69, 9.17) is 4.74 Å². The molecule has 4 aliphatic rings. The van der Waals surface area contributed by atoms with E-state index in [0.29, 0.717) is 41.0 Å². The lowest BCUT2D eigenvalue weighted by atomic mass is 9.48. The maximum absolute atomic E-state index is 12.7. The third kappa shape index (κ3) is 3.99. The summed E-state index contributed by atoms with van der Waals surface area (Å²) in [5.74, 6) is 1.60. The van der Waals surface area contributed by atoms with Crippen LogP contribution in [0.2, 0.25) is 0 Å². The second-order valence-corrected chi connectivity index (χ2v) is 12.9. The molecular formula is C34H40O5. The van der Waals surface area contributed by atoms with Crippen molar-refractivity contribution in [3.63, 3.8) is 0 Å². The van der Waals surface area contributed by atoms with Crippen LogP contribution in [0, 0.1) is 35.5 Å². The van der Waals surface area contributed by atoms with E-state index < -0.39 is 0 Å². The van der Waals surface area contributed by atoms with E-state index in [2.05, 4.69) is 19.9 Å². The van der Waals surface area contributed by atoms with Gasteiger partial charge in [0.25, 0.3) is 0 Å². The monoisotopic (exact) mass is 528 g/mol. The fraction of sp³-hybridized carbons (Fsp3) is 0.529. The van der Waals surface area contributed by atoms with Gasteiger partial charge < -0.3 is 14.9 Å². The molecule has 5 nitrogen and oxygen atoms in total. The summed E-state index contributed by atoms with van der Waals surface area (Å²) in [5, 5.41) is 21.2. The number of hydrogen-bond donors (Lipinski definition) is 2. The lowest BCUT2D eigenvalue weighted by Crippen LogP contribution is -2.50. The molecule has 0 bridgehead atoms. The number of carbonyl (C=O) groups is 2. The van der Waals surface area contributed by atoms with E-state index in [0.717, 1.165) is 62.5 Å². The Morgan fingerprint density at radius 1 is 1.00 bits per heavy atom. The second kappa shape index (κ2) is 9.62. The van der Waals surface area contributed by atoms with Gasteiger partial charge in [0.1, 0.15) is 5.78 Å². The average molecular weight is 529 g/mol. The zero-order valence-electron chi connectivity index (χ0n) is 23.3. The standard InChI is InChI=1S/C34H40O5/c1-20-30(21-7-5-4-6-8-21)26(25(18-35)32(38)31(20)37)19-39-23-13-15-33(2)22(17-23)9-10-24-27-11-12-29(36)34(27,3)16-14-28(24)33/h4-9,18,23-24,27-28,37-38H,10-17,19H2,1-3H3/t23-,24?,27?,28?,33?,34-/m0/s1. The number of phenols is 2. The Morgan fingerprint density at radius 3 is 2.46 bits per heavy atom. The Hall–Kier alpha value is -2.92. The number of hydrogen-bond acceptors (Lipinski definition) is 5. The predicted octanol–water partition coefficient (Wildman–Crippen LogP) is 7.30. The fourth-order valence-electron chi connectivity index (χ4n) is 8.94. The van der Waals surface area contributed by atoms with Crippen molar-refractivity contribution in [2.45, 2.75) is 84.8 Å². The van der Waals surface area contributed by atoms with Crippen LogP contribution in [0.15, 0.2) is 42.0 Å². The minimum Gasteiger partial charge on any atom is -0.504 e. The Kier molecular flexibility index (Phi) is 6.49. The van der Waals surface area contributed by atoms with Gasteiger partial charge in [0.05, 0.1) is 18.3 Å². The molecule has 0 heterocycles. The number of fused-ring (bicyclic) bond motifs is 5. The topological polar surface area (TPSA) is 83.8 Å². The van der Waals surface area contributed by atoms with Gasteiger partial charge in [-0.1, -0.05) is 55.8 Å². The van der Waals surface area contributed by atoms with Crippen LogP contribution in [0.5, 0.6) is 11.5 Å². The number of Topliss-reactive ketones (excluding diaryl/α,β-unsaturated/α-hetero) is 1. The minimum absolute atomic E-state index is 0.0298. The van der Waals surface area contributed by atoms with Crippen molar-refractivity contribution in [3.05, 3.63) is 58.7 Å². The van der Waals surface area contributed by atoms with Crippen molar-refractivity contribution in [1.82, 2.24) is 0 Å². The Balaban J connectivity index is 1.24. The first-order chi connectivity index (χ1) is 18.7. The van der Waals surface area contributed by atoms with E-state index in [9.17, 15) is 19.8 Å². The molecule has 0 aliphatic heterocycles. The fourth-order valence-corrected chi connectivity index (χ4v) is 8.94. The van der Waals surface area contributed by atoms with Crippen molar-refractivity contribution in [2.24, 2.45) is 28.6 Å². The van der Waals surface area contributed by atoms with E-state index in [-0.39, 0.29) is 40.6 Å². The maximum Gasteiger partial charge on any atom is 0.168 e. The quantitative estimate of drug-likeness (QED) is 0.242.